The van der Waals surface area contributed by atoms with Crippen LogP contribution in [0.15, 0.2) is 46.3 Å². The van der Waals surface area contributed by atoms with E-state index in [0.717, 1.165) is 12.0 Å². The van der Waals surface area contributed by atoms with Crippen LogP contribution in [0.5, 0.6) is 0 Å². The maximum absolute atomic E-state index is 13.8. The molecule has 3 aromatic rings. The quantitative estimate of drug-likeness (QED) is 0.131. The number of thioether (sulfide) groups is 1. The number of anilines is 2. The fraction of sp³-hybridized carbons (Fsp3) is 0.250. The zero-order valence-corrected chi connectivity index (χ0v) is 20.6. The number of carboxylic acid groups (broad SMARTS) is 1. The molecule has 0 spiro atoms. The number of nitrogens with two attached hydrogens (primary N) is 2. The standard InChI is InChI=1S/C20H18FN9O5S2/c1-35-27-15(21)16(31)26-12-17(32)29-13(19(33)34)8(14(37-18(12)29)9-7-36-20(23)25-9)6-28-5-3-10(22)30-11(28)2-4-24-30/h2-5,7,12,14,18,22H,6H2,1H3,(H4,23,25,26,31,33,34)/p+1/t12?,14?,18-/m0/s1. The number of hydrogen-bond acceptors (Lipinski definition) is 11. The number of carbonyl (C=O) groups is 3. The van der Waals surface area contributed by atoms with E-state index in [2.05, 4.69) is 25.4 Å². The van der Waals surface area contributed by atoms with Gasteiger partial charge in [-0.2, -0.15) is 4.39 Å². The van der Waals surface area contributed by atoms with Crippen molar-refractivity contribution in [3.05, 3.63) is 46.9 Å². The molecule has 2 aliphatic heterocycles. The molecule has 37 heavy (non-hydrogen) atoms. The fourth-order valence-corrected chi connectivity index (χ4v) is 6.44. The lowest BCUT2D eigenvalue weighted by Crippen LogP contribution is -2.71. The Labute approximate surface area is 215 Å². The molecule has 2 unspecified atom stereocenters. The van der Waals surface area contributed by atoms with Crippen LogP contribution in [0.25, 0.3) is 5.65 Å². The number of nitrogens with zero attached hydrogens (tertiary/aromatic N) is 6. The van der Waals surface area contributed by atoms with Crippen molar-refractivity contribution in [2.45, 2.75) is 23.2 Å². The predicted molar refractivity (Wildman–Crippen MR) is 129 cm³/mol. The zero-order chi connectivity index (χ0) is 26.4. The first-order valence-corrected chi connectivity index (χ1v) is 12.4. The van der Waals surface area contributed by atoms with Crippen LogP contribution in [0.2, 0.25) is 0 Å². The lowest BCUT2D eigenvalue weighted by Gasteiger charge is -2.51. The van der Waals surface area contributed by atoms with Crippen LogP contribution < -0.4 is 21.4 Å². The third-order valence-corrected chi connectivity index (χ3v) is 8.02. The van der Waals surface area contributed by atoms with Crippen molar-refractivity contribution in [2.75, 3.05) is 18.6 Å². The van der Waals surface area contributed by atoms with Gasteiger partial charge in [-0.25, -0.2) is 14.3 Å². The van der Waals surface area contributed by atoms with E-state index in [-0.39, 0.29) is 17.4 Å². The number of oxime groups is 1. The molecule has 3 atom stereocenters. The minimum Gasteiger partial charge on any atom is -0.477 e. The second-order valence-electron chi connectivity index (χ2n) is 7.89. The number of thiazole rings is 1. The number of fused-ring (bicyclic) bond motifs is 2. The van der Waals surface area contributed by atoms with Crippen LogP contribution in [0, 0.1) is 0 Å². The minimum absolute atomic E-state index is 0.0505. The van der Waals surface area contributed by atoms with E-state index >= 15 is 0 Å². The molecule has 5 rings (SSSR count). The second-order valence-corrected chi connectivity index (χ2v) is 10.0. The molecule has 1 saturated heterocycles. The predicted octanol–water partition coefficient (Wildman–Crippen LogP) is -0.348. The molecular weight excluding hydrogens is 529 g/mol. The van der Waals surface area contributed by atoms with Crippen molar-refractivity contribution in [3.8, 4) is 0 Å². The van der Waals surface area contributed by atoms with Gasteiger partial charge in [0, 0.05) is 17.0 Å². The van der Waals surface area contributed by atoms with Gasteiger partial charge in [-0.05, 0) is 5.16 Å². The summed E-state index contributed by atoms with van der Waals surface area (Å²) in [5, 5.41) is 20.0. The molecule has 1 fully saturated rings. The van der Waals surface area contributed by atoms with Crippen LogP contribution in [0.1, 0.15) is 10.9 Å². The van der Waals surface area contributed by atoms with Gasteiger partial charge >= 0.3 is 23.5 Å². The van der Waals surface area contributed by atoms with Gasteiger partial charge in [0.05, 0.1) is 29.4 Å². The van der Waals surface area contributed by atoms with Crippen molar-refractivity contribution < 1.29 is 33.3 Å². The normalized spacial score (nSPS) is 21.6. The van der Waals surface area contributed by atoms with E-state index in [1.165, 1.54) is 27.6 Å². The SMILES string of the molecule is CON=C(F)C(=O)NC1C(=O)N2C(C(=O)O)=C(C[n+]3ccc(N)n4nccc43)C(c3csc(N)n3)S[C@@H]12. The molecular formula is C20H19FN9O5S2+. The van der Waals surface area contributed by atoms with Gasteiger partial charge in [0.15, 0.2) is 5.13 Å². The number of carboxylic acids is 1. The number of carbonyl (C=O) groups excluding carboxylic acids is 2. The fourth-order valence-electron chi connectivity index (χ4n) is 4.21. The van der Waals surface area contributed by atoms with Gasteiger partial charge in [-0.15, -0.1) is 23.1 Å². The molecule has 0 radical (unpaired) electrons. The van der Waals surface area contributed by atoms with Gasteiger partial charge in [0.2, 0.25) is 5.82 Å². The number of halogens is 1. The zero-order valence-electron chi connectivity index (χ0n) is 18.9. The lowest BCUT2D eigenvalue weighted by atomic mass is 9.99. The van der Waals surface area contributed by atoms with E-state index in [9.17, 15) is 23.9 Å². The number of nitrogens with one attached hydrogen (secondary N) is 1. The molecule has 2 aliphatic rings. The third-order valence-electron chi connectivity index (χ3n) is 5.76. The smallest absolute Gasteiger partial charge is 0.352 e. The van der Waals surface area contributed by atoms with Gasteiger partial charge in [-0.1, -0.05) is 9.61 Å². The maximum atomic E-state index is 13.8. The summed E-state index contributed by atoms with van der Waals surface area (Å²) in [5.74, 6) is -4.41. The number of aromatic nitrogens is 4. The highest BCUT2D eigenvalue weighted by atomic mass is 32.2. The summed E-state index contributed by atoms with van der Waals surface area (Å²) in [6, 6.07) is 2.13. The van der Waals surface area contributed by atoms with Crippen LogP contribution >= 0.6 is 23.1 Å². The summed E-state index contributed by atoms with van der Waals surface area (Å²) in [6.45, 7) is 0.0505. The van der Waals surface area contributed by atoms with Crippen LogP contribution in [0.4, 0.5) is 15.3 Å². The lowest BCUT2D eigenvalue weighted by molar-refractivity contribution is -0.666. The highest BCUT2D eigenvalue weighted by Gasteiger charge is 2.57. The summed E-state index contributed by atoms with van der Waals surface area (Å²) < 4.78 is 17.0. The molecule has 3 aromatic heterocycles. The van der Waals surface area contributed by atoms with E-state index in [1.807, 2.05) is 0 Å². The van der Waals surface area contributed by atoms with Crippen molar-refractivity contribution in [3.63, 3.8) is 0 Å². The Hall–Kier alpha value is -4.25. The summed E-state index contributed by atoms with van der Waals surface area (Å²) in [5.41, 5.74) is 13.0. The molecule has 6 N–H and O–H groups in total. The number of amides is 2. The van der Waals surface area contributed by atoms with Gasteiger partial charge in [0.1, 0.15) is 30.8 Å². The van der Waals surface area contributed by atoms with E-state index in [0.29, 0.717) is 22.7 Å². The number of aliphatic carboxylic acids is 1. The number of rotatable bonds is 7. The highest BCUT2D eigenvalue weighted by Crippen LogP contribution is 2.51. The first-order valence-electron chi connectivity index (χ1n) is 10.6. The molecule has 5 heterocycles. The molecule has 14 nitrogen and oxygen atoms in total. The molecule has 0 aliphatic carbocycles. The maximum Gasteiger partial charge on any atom is 0.352 e. The summed E-state index contributed by atoms with van der Waals surface area (Å²) in [4.78, 5) is 47.3. The first kappa shape index (κ1) is 24.4. The first-order chi connectivity index (χ1) is 17.7. The molecule has 0 saturated carbocycles. The summed E-state index contributed by atoms with van der Waals surface area (Å²) in [7, 11) is 1.06. The average Bonchev–Trinajstić information content (AvgIpc) is 3.53. The Morgan fingerprint density at radius 2 is 2.16 bits per heavy atom. The average molecular weight is 549 g/mol. The molecule has 192 valence electrons. The Morgan fingerprint density at radius 1 is 1.38 bits per heavy atom. The Balaban J connectivity index is 1.58. The van der Waals surface area contributed by atoms with Crippen molar-refractivity contribution in [1.82, 2.24) is 24.8 Å². The Kier molecular flexibility index (Phi) is 6.16. The molecule has 0 bridgehead atoms. The van der Waals surface area contributed by atoms with Crippen LogP contribution in [-0.2, 0) is 25.8 Å². The summed E-state index contributed by atoms with van der Waals surface area (Å²) in [6.07, 6.45) is 3.23. The van der Waals surface area contributed by atoms with E-state index < -0.39 is 40.4 Å². The summed E-state index contributed by atoms with van der Waals surface area (Å²) >= 11 is 2.37. The van der Waals surface area contributed by atoms with Gasteiger partial charge < -0.3 is 26.7 Å². The highest BCUT2D eigenvalue weighted by molar-refractivity contribution is 8.00. The molecule has 2 amide bonds. The van der Waals surface area contributed by atoms with Crippen molar-refractivity contribution in [2.24, 2.45) is 5.16 Å². The van der Waals surface area contributed by atoms with Crippen LogP contribution in [-0.4, -0.2) is 66.9 Å². The monoisotopic (exact) mass is 548 g/mol. The van der Waals surface area contributed by atoms with Crippen molar-refractivity contribution in [1.29, 1.82) is 0 Å². The Morgan fingerprint density at radius 3 is 2.84 bits per heavy atom. The van der Waals surface area contributed by atoms with E-state index in [1.54, 1.807) is 34.5 Å². The number of β-lactam (4-membered cyclic amide) rings is 1. The molecule has 17 heteroatoms. The number of hydrogen-bond donors (Lipinski definition) is 4. The van der Waals surface area contributed by atoms with Gasteiger partial charge in [0.25, 0.3) is 5.91 Å². The Bertz CT molecular complexity index is 1500. The van der Waals surface area contributed by atoms with Crippen LogP contribution in [0.3, 0.4) is 0 Å². The second kappa shape index (κ2) is 9.32. The third kappa shape index (κ3) is 4.10. The topological polar surface area (TPSA) is 194 Å². The number of nitrogen functional groups attached to an aromatic ring is 2. The van der Waals surface area contributed by atoms with E-state index in [4.69, 9.17) is 11.5 Å². The van der Waals surface area contributed by atoms with Crippen molar-refractivity contribution >= 4 is 63.4 Å². The molecule has 0 aromatic carbocycles. The largest absolute Gasteiger partial charge is 0.477 e. The van der Waals surface area contributed by atoms with Gasteiger partial charge in [-0.3, -0.25) is 14.5 Å². The minimum atomic E-state index is -1.47.